The number of rotatable bonds is 1. The molecule has 2 heterocycles. The smallest absolute Gasteiger partial charge is 0.253 e. The largest absolute Gasteiger partial charge is 0.366 e. The molecule has 0 saturated carbocycles. The van der Waals surface area contributed by atoms with Gasteiger partial charge in [0.15, 0.2) is 0 Å². The van der Waals surface area contributed by atoms with Crippen LogP contribution in [0.15, 0.2) is 24.3 Å². The Kier molecular flexibility index (Phi) is 3.30. The number of hydrogen-bond acceptors (Lipinski definition) is 3. The second-order valence-corrected chi connectivity index (χ2v) is 4.84. The monoisotopic (exact) mass is 246 g/mol. The minimum atomic E-state index is -0.302. The standard InChI is InChI=1S/C14H18N2O2/c17-14(13-9-15-6-8-18-13)16-7-5-11-3-1-2-4-12(11)10-16/h1-4,13,15H,5-10H2/t13-/m1/s1. The van der Waals surface area contributed by atoms with Crippen LogP contribution in [0.25, 0.3) is 0 Å². The Morgan fingerprint density at radius 2 is 2.17 bits per heavy atom. The van der Waals surface area contributed by atoms with Gasteiger partial charge in [-0.15, -0.1) is 0 Å². The first-order chi connectivity index (χ1) is 8.84. The van der Waals surface area contributed by atoms with Crippen LogP contribution in [0.3, 0.4) is 0 Å². The van der Waals surface area contributed by atoms with E-state index in [0.29, 0.717) is 13.2 Å². The lowest BCUT2D eigenvalue weighted by Gasteiger charge is -2.33. The second kappa shape index (κ2) is 5.08. The summed E-state index contributed by atoms with van der Waals surface area (Å²) < 4.78 is 5.53. The molecule has 1 amide bonds. The van der Waals surface area contributed by atoms with E-state index >= 15 is 0 Å². The second-order valence-electron chi connectivity index (χ2n) is 4.84. The van der Waals surface area contributed by atoms with Crippen LogP contribution in [0.2, 0.25) is 0 Å². The highest BCUT2D eigenvalue weighted by Crippen LogP contribution is 2.19. The third-order valence-electron chi connectivity index (χ3n) is 3.65. The van der Waals surface area contributed by atoms with Gasteiger partial charge in [0.05, 0.1) is 6.61 Å². The molecule has 0 unspecified atom stereocenters. The van der Waals surface area contributed by atoms with Crippen LogP contribution in [0.5, 0.6) is 0 Å². The van der Waals surface area contributed by atoms with Crippen molar-refractivity contribution in [3.05, 3.63) is 35.4 Å². The number of nitrogens with zero attached hydrogens (tertiary/aromatic N) is 1. The number of amides is 1. The van der Waals surface area contributed by atoms with Crippen molar-refractivity contribution in [1.82, 2.24) is 10.2 Å². The number of fused-ring (bicyclic) bond motifs is 1. The molecule has 2 aliphatic heterocycles. The molecule has 2 aliphatic rings. The lowest BCUT2D eigenvalue weighted by atomic mass is 9.99. The summed E-state index contributed by atoms with van der Waals surface area (Å²) in [5.41, 5.74) is 2.63. The van der Waals surface area contributed by atoms with Crippen molar-refractivity contribution >= 4 is 5.91 Å². The van der Waals surface area contributed by atoms with Gasteiger partial charge in [-0.1, -0.05) is 24.3 Å². The van der Waals surface area contributed by atoms with E-state index in [1.54, 1.807) is 0 Å². The molecule has 1 fully saturated rings. The number of carbonyl (C=O) groups is 1. The number of hydrogen-bond donors (Lipinski definition) is 1. The minimum Gasteiger partial charge on any atom is -0.366 e. The average Bonchev–Trinajstić information content (AvgIpc) is 2.47. The SMILES string of the molecule is O=C([C@H]1CNCCO1)N1CCc2ccccc2C1. The van der Waals surface area contributed by atoms with Gasteiger partial charge >= 0.3 is 0 Å². The molecule has 1 aromatic rings. The summed E-state index contributed by atoms with van der Waals surface area (Å²) in [4.78, 5) is 14.2. The molecule has 96 valence electrons. The number of benzene rings is 1. The van der Waals surface area contributed by atoms with Crippen LogP contribution < -0.4 is 5.32 Å². The van der Waals surface area contributed by atoms with E-state index in [4.69, 9.17) is 4.74 Å². The Labute approximate surface area is 107 Å². The number of carbonyl (C=O) groups excluding carboxylic acids is 1. The summed E-state index contributed by atoms with van der Waals surface area (Å²) in [6, 6.07) is 8.35. The van der Waals surface area contributed by atoms with Crippen molar-refractivity contribution in [2.45, 2.75) is 19.1 Å². The van der Waals surface area contributed by atoms with E-state index in [9.17, 15) is 4.79 Å². The van der Waals surface area contributed by atoms with Crippen LogP contribution in [-0.2, 0) is 22.5 Å². The van der Waals surface area contributed by atoms with Gasteiger partial charge in [0.25, 0.3) is 5.91 Å². The zero-order chi connectivity index (χ0) is 12.4. The van der Waals surface area contributed by atoms with E-state index in [0.717, 1.165) is 26.1 Å². The predicted octanol–water partition coefficient (Wildman–Crippen LogP) is 0.560. The van der Waals surface area contributed by atoms with Crippen LogP contribution in [0, 0.1) is 0 Å². The average molecular weight is 246 g/mol. The van der Waals surface area contributed by atoms with Gasteiger partial charge in [0.1, 0.15) is 6.10 Å². The molecule has 1 aromatic carbocycles. The van der Waals surface area contributed by atoms with Crippen molar-refractivity contribution < 1.29 is 9.53 Å². The number of ether oxygens (including phenoxy) is 1. The summed E-state index contributed by atoms with van der Waals surface area (Å²) in [7, 11) is 0. The summed E-state index contributed by atoms with van der Waals surface area (Å²) in [5, 5.41) is 3.20. The molecule has 1 N–H and O–H groups in total. The maximum Gasteiger partial charge on any atom is 0.253 e. The lowest BCUT2D eigenvalue weighted by Crippen LogP contribution is -2.50. The van der Waals surface area contributed by atoms with Crippen molar-refractivity contribution in [2.75, 3.05) is 26.2 Å². The Balaban J connectivity index is 1.69. The molecular weight excluding hydrogens is 228 g/mol. The third-order valence-corrected chi connectivity index (χ3v) is 3.65. The summed E-state index contributed by atoms with van der Waals surface area (Å²) in [6.45, 7) is 3.62. The molecule has 0 bridgehead atoms. The Morgan fingerprint density at radius 3 is 2.94 bits per heavy atom. The number of nitrogens with one attached hydrogen (secondary N) is 1. The van der Waals surface area contributed by atoms with Crippen LogP contribution >= 0.6 is 0 Å². The van der Waals surface area contributed by atoms with E-state index in [1.165, 1.54) is 11.1 Å². The minimum absolute atomic E-state index is 0.122. The summed E-state index contributed by atoms with van der Waals surface area (Å²) >= 11 is 0. The fraction of sp³-hybridized carbons (Fsp3) is 0.500. The molecule has 0 spiro atoms. The molecule has 0 aromatic heterocycles. The van der Waals surface area contributed by atoms with Gasteiger partial charge in [0, 0.05) is 26.2 Å². The fourth-order valence-corrected chi connectivity index (χ4v) is 2.61. The lowest BCUT2D eigenvalue weighted by molar-refractivity contribution is -0.146. The van der Waals surface area contributed by atoms with Crippen LogP contribution in [-0.4, -0.2) is 43.2 Å². The number of morpholine rings is 1. The summed E-state index contributed by atoms with van der Waals surface area (Å²) in [5.74, 6) is 0.122. The quantitative estimate of drug-likeness (QED) is 0.787. The highest BCUT2D eigenvalue weighted by atomic mass is 16.5. The molecule has 1 atom stereocenters. The molecule has 4 heteroatoms. The maximum absolute atomic E-state index is 12.3. The topological polar surface area (TPSA) is 41.6 Å². The highest BCUT2D eigenvalue weighted by Gasteiger charge is 2.28. The molecule has 3 rings (SSSR count). The van der Waals surface area contributed by atoms with Gasteiger partial charge in [-0.25, -0.2) is 0 Å². The first kappa shape index (κ1) is 11.7. The van der Waals surface area contributed by atoms with E-state index in [2.05, 4.69) is 23.5 Å². The van der Waals surface area contributed by atoms with E-state index in [1.807, 2.05) is 11.0 Å². The Bertz CT molecular complexity index is 441. The van der Waals surface area contributed by atoms with Gasteiger partial charge in [-0.3, -0.25) is 4.79 Å². The van der Waals surface area contributed by atoms with Crippen LogP contribution in [0.1, 0.15) is 11.1 Å². The van der Waals surface area contributed by atoms with Gasteiger partial charge in [-0.05, 0) is 17.5 Å². The first-order valence-corrected chi connectivity index (χ1v) is 6.52. The zero-order valence-corrected chi connectivity index (χ0v) is 10.4. The molecule has 0 aliphatic carbocycles. The Hall–Kier alpha value is -1.39. The zero-order valence-electron chi connectivity index (χ0n) is 10.4. The summed E-state index contributed by atoms with van der Waals surface area (Å²) in [6.07, 6.45) is 0.645. The highest BCUT2D eigenvalue weighted by molar-refractivity contribution is 5.81. The molecule has 0 radical (unpaired) electrons. The van der Waals surface area contributed by atoms with E-state index < -0.39 is 0 Å². The van der Waals surface area contributed by atoms with Crippen molar-refractivity contribution in [2.24, 2.45) is 0 Å². The molecule has 4 nitrogen and oxygen atoms in total. The van der Waals surface area contributed by atoms with Crippen molar-refractivity contribution in [1.29, 1.82) is 0 Å². The molecule has 18 heavy (non-hydrogen) atoms. The van der Waals surface area contributed by atoms with Crippen molar-refractivity contribution in [3.8, 4) is 0 Å². The van der Waals surface area contributed by atoms with Gasteiger partial charge in [0.2, 0.25) is 0 Å². The Morgan fingerprint density at radius 1 is 1.33 bits per heavy atom. The first-order valence-electron chi connectivity index (χ1n) is 6.52. The van der Waals surface area contributed by atoms with Crippen LogP contribution in [0.4, 0.5) is 0 Å². The van der Waals surface area contributed by atoms with Gasteiger partial charge in [-0.2, -0.15) is 0 Å². The van der Waals surface area contributed by atoms with Crippen molar-refractivity contribution in [3.63, 3.8) is 0 Å². The fourth-order valence-electron chi connectivity index (χ4n) is 2.61. The van der Waals surface area contributed by atoms with Gasteiger partial charge < -0.3 is 15.0 Å². The maximum atomic E-state index is 12.3. The molecule has 1 saturated heterocycles. The molecular formula is C14H18N2O2. The normalized spacial score (nSPS) is 23.6. The van der Waals surface area contributed by atoms with E-state index in [-0.39, 0.29) is 12.0 Å². The third kappa shape index (κ3) is 2.26. The predicted molar refractivity (Wildman–Crippen MR) is 68.2 cm³/mol.